The van der Waals surface area contributed by atoms with Gasteiger partial charge in [-0.1, -0.05) is 0 Å². The molecule has 1 saturated heterocycles. The Kier molecular flexibility index (Phi) is 3.52. The summed E-state index contributed by atoms with van der Waals surface area (Å²) in [6.45, 7) is 2.45. The number of pyridine rings is 1. The topological polar surface area (TPSA) is 51.7 Å². The number of hydrogen-bond donors (Lipinski definition) is 0. The molecule has 0 bridgehead atoms. The summed E-state index contributed by atoms with van der Waals surface area (Å²) >= 11 is 0. The first-order chi connectivity index (χ1) is 9.79. The lowest BCUT2D eigenvalue weighted by molar-refractivity contribution is 0.0304. The highest BCUT2D eigenvalue weighted by Gasteiger charge is 2.20. The average molecular weight is 272 g/mol. The molecule has 1 fully saturated rings. The minimum absolute atomic E-state index is 0.0222. The Labute approximate surface area is 117 Å². The third kappa shape index (κ3) is 2.32. The lowest BCUT2D eigenvalue weighted by atomic mass is 10.1. The quantitative estimate of drug-likeness (QED) is 0.835. The largest absolute Gasteiger partial charge is 0.497 e. The van der Waals surface area contributed by atoms with Crippen molar-refractivity contribution in [3.05, 3.63) is 36.0 Å². The van der Waals surface area contributed by atoms with Crippen LogP contribution in [0.15, 0.2) is 30.5 Å². The fourth-order valence-corrected chi connectivity index (χ4v) is 2.38. The number of morpholine rings is 1. The molecule has 0 radical (unpaired) electrons. The van der Waals surface area contributed by atoms with E-state index in [0.29, 0.717) is 31.9 Å². The first kappa shape index (κ1) is 12.9. The van der Waals surface area contributed by atoms with Gasteiger partial charge < -0.3 is 14.4 Å². The molecule has 1 aromatic heterocycles. The van der Waals surface area contributed by atoms with Crippen LogP contribution >= 0.6 is 0 Å². The highest BCUT2D eigenvalue weighted by atomic mass is 16.5. The van der Waals surface area contributed by atoms with Crippen LogP contribution < -0.4 is 4.74 Å². The maximum Gasteiger partial charge on any atom is 0.254 e. The molecule has 104 valence electrons. The van der Waals surface area contributed by atoms with E-state index in [-0.39, 0.29) is 5.91 Å². The van der Waals surface area contributed by atoms with Crippen LogP contribution in [-0.4, -0.2) is 49.2 Å². The Balaban J connectivity index is 2.03. The first-order valence-electron chi connectivity index (χ1n) is 6.59. The number of rotatable bonds is 2. The fourth-order valence-electron chi connectivity index (χ4n) is 2.38. The molecule has 0 aliphatic carbocycles. The number of fused-ring (bicyclic) bond motifs is 1. The molecule has 0 spiro atoms. The Morgan fingerprint density at radius 2 is 2.10 bits per heavy atom. The minimum atomic E-state index is 0.0222. The van der Waals surface area contributed by atoms with Crippen molar-refractivity contribution in [3.63, 3.8) is 0 Å². The number of hydrogen-bond acceptors (Lipinski definition) is 4. The van der Waals surface area contributed by atoms with Gasteiger partial charge in [-0.15, -0.1) is 0 Å². The summed E-state index contributed by atoms with van der Waals surface area (Å²) in [7, 11) is 1.61. The van der Waals surface area contributed by atoms with Crippen molar-refractivity contribution in [1.82, 2.24) is 9.88 Å². The van der Waals surface area contributed by atoms with Crippen LogP contribution in [0.2, 0.25) is 0 Å². The SMILES string of the molecule is COc1ccc2nccc(C(=O)N3CCOCC3)c2c1. The lowest BCUT2D eigenvalue weighted by Gasteiger charge is -2.27. The van der Waals surface area contributed by atoms with Crippen LogP contribution in [0.4, 0.5) is 0 Å². The number of benzene rings is 1. The van der Waals surface area contributed by atoms with E-state index in [9.17, 15) is 4.79 Å². The Hall–Kier alpha value is -2.14. The van der Waals surface area contributed by atoms with E-state index in [1.165, 1.54) is 0 Å². The van der Waals surface area contributed by atoms with Crippen LogP contribution in [0.3, 0.4) is 0 Å². The average Bonchev–Trinajstić information content (AvgIpc) is 2.54. The number of carbonyl (C=O) groups excluding carboxylic acids is 1. The van der Waals surface area contributed by atoms with Crippen LogP contribution in [0.1, 0.15) is 10.4 Å². The molecule has 2 heterocycles. The third-order valence-corrected chi connectivity index (χ3v) is 3.48. The second kappa shape index (κ2) is 5.46. The van der Waals surface area contributed by atoms with Gasteiger partial charge in [0.15, 0.2) is 0 Å². The highest BCUT2D eigenvalue weighted by Crippen LogP contribution is 2.23. The zero-order chi connectivity index (χ0) is 13.9. The van der Waals surface area contributed by atoms with E-state index in [2.05, 4.69) is 4.98 Å². The van der Waals surface area contributed by atoms with Gasteiger partial charge in [0.2, 0.25) is 0 Å². The van der Waals surface area contributed by atoms with Crippen LogP contribution in [0, 0.1) is 0 Å². The standard InChI is InChI=1S/C15H16N2O3/c1-19-11-2-3-14-13(10-11)12(4-5-16-14)15(18)17-6-8-20-9-7-17/h2-5,10H,6-9H2,1H3. The highest BCUT2D eigenvalue weighted by molar-refractivity contribution is 6.06. The van der Waals surface area contributed by atoms with Crippen molar-refractivity contribution < 1.29 is 14.3 Å². The molecular weight excluding hydrogens is 256 g/mol. The van der Waals surface area contributed by atoms with Gasteiger partial charge >= 0.3 is 0 Å². The van der Waals surface area contributed by atoms with E-state index in [1.807, 2.05) is 23.1 Å². The smallest absolute Gasteiger partial charge is 0.254 e. The van der Waals surface area contributed by atoms with Crippen LogP contribution in [0.5, 0.6) is 5.75 Å². The summed E-state index contributed by atoms with van der Waals surface area (Å²) in [6.07, 6.45) is 1.67. The molecule has 1 aliphatic rings. The molecule has 1 aromatic carbocycles. The van der Waals surface area contributed by atoms with Crippen molar-refractivity contribution >= 4 is 16.8 Å². The van der Waals surface area contributed by atoms with Crippen LogP contribution in [0.25, 0.3) is 10.9 Å². The predicted octanol–water partition coefficient (Wildman–Crippen LogP) is 1.72. The minimum Gasteiger partial charge on any atom is -0.497 e. The summed E-state index contributed by atoms with van der Waals surface area (Å²) in [6, 6.07) is 7.33. The van der Waals surface area contributed by atoms with E-state index < -0.39 is 0 Å². The third-order valence-electron chi connectivity index (χ3n) is 3.48. The fraction of sp³-hybridized carbons (Fsp3) is 0.333. The van der Waals surface area contributed by atoms with Crippen molar-refractivity contribution in [2.75, 3.05) is 33.4 Å². The number of methoxy groups -OCH3 is 1. The van der Waals surface area contributed by atoms with E-state index in [4.69, 9.17) is 9.47 Å². The monoisotopic (exact) mass is 272 g/mol. The molecule has 1 aliphatic heterocycles. The summed E-state index contributed by atoms with van der Waals surface area (Å²) in [5.74, 6) is 0.746. The van der Waals surface area contributed by atoms with Gasteiger partial charge in [-0.3, -0.25) is 9.78 Å². The molecule has 0 atom stereocenters. The Morgan fingerprint density at radius 3 is 2.85 bits per heavy atom. The van der Waals surface area contributed by atoms with Crippen LogP contribution in [-0.2, 0) is 4.74 Å². The number of ether oxygens (including phenoxy) is 2. The maximum absolute atomic E-state index is 12.6. The Morgan fingerprint density at radius 1 is 1.30 bits per heavy atom. The normalized spacial score (nSPS) is 15.3. The number of nitrogens with zero attached hydrogens (tertiary/aromatic N) is 2. The van der Waals surface area contributed by atoms with Gasteiger partial charge in [-0.25, -0.2) is 0 Å². The van der Waals surface area contributed by atoms with Crippen molar-refractivity contribution in [3.8, 4) is 5.75 Å². The molecule has 0 unspecified atom stereocenters. The molecule has 1 amide bonds. The second-order valence-electron chi connectivity index (χ2n) is 4.65. The summed E-state index contributed by atoms with van der Waals surface area (Å²) in [5.41, 5.74) is 1.46. The van der Waals surface area contributed by atoms with Crippen molar-refractivity contribution in [1.29, 1.82) is 0 Å². The number of amides is 1. The molecular formula is C15H16N2O3. The summed E-state index contributed by atoms with van der Waals surface area (Å²) in [4.78, 5) is 18.7. The van der Waals surface area contributed by atoms with Gasteiger partial charge in [0.25, 0.3) is 5.91 Å². The summed E-state index contributed by atoms with van der Waals surface area (Å²) < 4.78 is 10.5. The number of carbonyl (C=O) groups is 1. The van der Waals surface area contributed by atoms with Crippen molar-refractivity contribution in [2.45, 2.75) is 0 Å². The Bertz CT molecular complexity index is 636. The second-order valence-corrected chi connectivity index (χ2v) is 4.65. The van der Waals surface area contributed by atoms with E-state index >= 15 is 0 Å². The summed E-state index contributed by atoms with van der Waals surface area (Å²) in [5, 5.41) is 0.823. The zero-order valence-electron chi connectivity index (χ0n) is 11.3. The first-order valence-corrected chi connectivity index (χ1v) is 6.59. The van der Waals surface area contributed by atoms with Crippen molar-refractivity contribution in [2.24, 2.45) is 0 Å². The molecule has 3 rings (SSSR count). The molecule has 5 heteroatoms. The van der Waals surface area contributed by atoms with Gasteiger partial charge in [-0.2, -0.15) is 0 Å². The molecule has 20 heavy (non-hydrogen) atoms. The van der Waals surface area contributed by atoms with E-state index in [1.54, 1.807) is 19.4 Å². The van der Waals surface area contributed by atoms with Gasteiger partial charge in [0.1, 0.15) is 5.75 Å². The predicted molar refractivity (Wildman–Crippen MR) is 75.0 cm³/mol. The molecule has 0 N–H and O–H groups in total. The number of aromatic nitrogens is 1. The van der Waals surface area contributed by atoms with Gasteiger partial charge in [0.05, 0.1) is 31.4 Å². The van der Waals surface area contributed by atoms with E-state index in [0.717, 1.165) is 16.7 Å². The zero-order valence-corrected chi connectivity index (χ0v) is 11.3. The van der Waals surface area contributed by atoms with Gasteiger partial charge in [0, 0.05) is 24.7 Å². The lowest BCUT2D eigenvalue weighted by Crippen LogP contribution is -2.40. The molecule has 5 nitrogen and oxygen atoms in total. The molecule has 2 aromatic rings. The maximum atomic E-state index is 12.6. The molecule has 0 saturated carbocycles. The van der Waals surface area contributed by atoms with Gasteiger partial charge in [-0.05, 0) is 24.3 Å².